The van der Waals surface area contributed by atoms with E-state index in [0.717, 1.165) is 30.0 Å². The van der Waals surface area contributed by atoms with E-state index in [1.807, 2.05) is 27.7 Å². The number of hydrogen-bond acceptors (Lipinski definition) is 7. The van der Waals surface area contributed by atoms with Gasteiger partial charge < -0.3 is 14.2 Å². The second kappa shape index (κ2) is 9.33. The van der Waals surface area contributed by atoms with Crippen molar-refractivity contribution in [3.8, 4) is 6.07 Å². The minimum Gasteiger partial charge on any atom is -0.465 e. The van der Waals surface area contributed by atoms with Crippen LogP contribution in [0.15, 0.2) is 5.03 Å². The number of morpholine rings is 1. The van der Waals surface area contributed by atoms with E-state index in [4.69, 9.17) is 14.2 Å². The molecule has 1 N–H and O–H groups in total. The highest BCUT2D eigenvalue weighted by Crippen LogP contribution is 2.36. The van der Waals surface area contributed by atoms with E-state index < -0.39 is 0 Å². The third-order valence-corrected chi connectivity index (χ3v) is 5.95. The van der Waals surface area contributed by atoms with Crippen molar-refractivity contribution in [2.75, 3.05) is 43.6 Å². The number of carbonyl (C=O) groups is 1. The maximum atomic E-state index is 12.1. The summed E-state index contributed by atoms with van der Waals surface area (Å²) < 4.78 is 16.8. The summed E-state index contributed by atoms with van der Waals surface area (Å²) in [6, 6.07) is 2.36. The lowest BCUT2D eigenvalue weighted by Gasteiger charge is -2.34. The van der Waals surface area contributed by atoms with Crippen molar-refractivity contribution >= 4 is 23.5 Å². The Morgan fingerprint density at radius 3 is 2.72 bits per heavy atom. The largest absolute Gasteiger partial charge is 0.465 e. The molecule has 0 saturated carbocycles. The number of hydrogen-bond donors (Lipinski definition) is 0. The number of fused-ring (bicyclic) bond motifs is 1. The lowest BCUT2D eigenvalue weighted by molar-refractivity contribution is -0.415. The van der Waals surface area contributed by atoms with Crippen molar-refractivity contribution in [2.45, 2.75) is 51.3 Å². The number of anilines is 1. The zero-order chi connectivity index (χ0) is 21.0. The van der Waals surface area contributed by atoms with Crippen molar-refractivity contribution in [3.05, 3.63) is 16.7 Å². The molecule has 2 aliphatic heterocycles. The van der Waals surface area contributed by atoms with Crippen LogP contribution in [0.2, 0.25) is 0 Å². The Morgan fingerprint density at radius 2 is 2.07 bits per heavy atom. The second-order valence-corrected chi connectivity index (χ2v) is 9.42. The van der Waals surface area contributed by atoms with Gasteiger partial charge in [-0.3, -0.25) is 9.69 Å². The quantitative estimate of drug-likeness (QED) is 0.516. The Hall–Kier alpha value is -1.82. The van der Waals surface area contributed by atoms with Gasteiger partial charge in [-0.15, -0.1) is 0 Å². The van der Waals surface area contributed by atoms with Crippen LogP contribution in [0.1, 0.15) is 44.4 Å². The van der Waals surface area contributed by atoms with Crippen molar-refractivity contribution in [1.82, 2.24) is 0 Å². The summed E-state index contributed by atoms with van der Waals surface area (Å²) in [5.41, 5.74) is 2.33. The molecule has 3 heterocycles. The number of esters is 1. The number of nitrogens with one attached hydrogen (secondary N) is 1. The molecule has 29 heavy (non-hydrogen) atoms. The Bertz CT molecular complexity index is 798. The Balaban J connectivity index is 1.92. The lowest BCUT2D eigenvalue weighted by Crippen LogP contribution is -2.43. The summed E-state index contributed by atoms with van der Waals surface area (Å²) in [5.74, 6) is 1.16. The van der Waals surface area contributed by atoms with Crippen LogP contribution < -0.4 is 9.88 Å². The van der Waals surface area contributed by atoms with Crippen LogP contribution >= 0.6 is 11.8 Å². The molecule has 0 spiro atoms. The van der Waals surface area contributed by atoms with Gasteiger partial charge in [-0.25, -0.2) is 4.98 Å². The Labute approximate surface area is 176 Å². The molecule has 1 saturated heterocycles. The van der Waals surface area contributed by atoms with Gasteiger partial charge in [-0.1, -0.05) is 25.6 Å². The van der Waals surface area contributed by atoms with E-state index >= 15 is 0 Å². The molecule has 0 radical (unpaired) electrons. The van der Waals surface area contributed by atoms with Gasteiger partial charge in [0, 0.05) is 6.42 Å². The number of pyridine rings is 1. The molecular formula is C21H30N3O4S+. The maximum Gasteiger partial charge on any atom is 0.316 e. The van der Waals surface area contributed by atoms with E-state index in [1.54, 1.807) is 0 Å². The topological polar surface area (TPSA) is 85.9 Å². The van der Waals surface area contributed by atoms with Crippen molar-refractivity contribution < 1.29 is 24.0 Å². The molecule has 7 nitrogen and oxygen atoms in total. The summed E-state index contributed by atoms with van der Waals surface area (Å²) >= 11 is 1.33. The van der Waals surface area contributed by atoms with Crippen molar-refractivity contribution in [3.63, 3.8) is 0 Å². The Kier molecular flexibility index (Phi) is 7.04. The van der Waals surface area contributed by atoms with Gasteiger partial charge in [0.15, 0.2) is 5.03 Å². The smallest absolute Gasteiger partial charge is 0.316 e. The first-order valence-electron chi connectivity index (χ1n) is 10.1. The summed E-state index contributed by atoms with van der Waals surface area (Å²) in [5, 5.41) is 10.6. The number of ether oxygens (including phenoxy) is 3. The van der Waals surface area contributed by atoms with Crippen LogP contribution in [0.25, 0.3) is 0 Å². The lowest BCUT2D eigenvalue weighted by atomic mass is 9.89. The van der Waals surface area contributed by atoms with E-state index in [2.05, 4.69) is 16.0 Å². The summed E-state index contributed by atoms with van der Waals surface area (Å²) in [7, 11) is 0. The van der Waals surface area contributed by atoms with E-state index in [9.17, 15) is 10.1 Å². The van der Waals surface area contributed by atoms with Crippen LogP contribution in [0.4, 0.5) is 5.82 Å². The highest BCUT2D eigenvalue weighted by Gasteiger charge is 2.36. The van der Waals surface area contributed by atoms with Crippen LogP contribution in [-0.4, -0.2) is 50.2 Å². The molecule has 1 aromatic heterocycles. The number of rotatable bonds is 6. The fourth-order valence-corrected chi connectivity index (χ4v) is 4.31. The molecule has 0 unspecified atom stereocenters. The average Bonchev–Trinajstić information content (AvgIpc) is 2.69. The van der Waals surface area contributed by atoms with E-state index in [0.29, 0.717) is 49.4 Å². The molecule has 0 amide bonds. The molecule has 8 heteroatoms. The van der Waals surface area contributed by atoms with Gasteiger partial charge in [0.2, 0.25) is 0 Å². The molecule has 1 fully saturated rings. The first kappa shape index (κ1) is 21.9. The summed E-state index contributed by atoms with van der Waals surface area (Å²) in [6.07, 6.45) is 0.655. The fourth-order valence-electron chi connectivity index (χ4n) is 3.49. The van der Waals surface area contributed by atoms with Crippen molar-refractivity contribution in [1.29, 1.82) is 5.26 Å². The SMILES string of the molecule is CC(C)COC(=O)CSc1[nH+]c(N2CCOCC2)c2c(c1C#N)CC(C)(C)OC2. The molecule has 1 aromatic rings. The first-order valence-corrected chi connectivity index (χ1v) is 11.1. The second-order valence-electron chi connectivity index (χ2n) is 8.44. The molecule has 2 aliphatic rings. The molecule has 3 rings (SSSR count). The number of nitriles is 1. The zero-order valence-corrected chi connectivity index (χ0v) is 18.5. The van der Waals surface area contributed by atoms with Gasteiger partial charge in [-0.05, 0) is 25.3 Å². The number of aromatic amines is 1. The maximum absolute atomic E-state index is 12.1. The minimum atomic E-state index is -0.333. The minimum absolute atomic E-state index is 0.166. The summed E-state index contributed by atoms with van der Waals surface area (Å²) in [6.45, 7) is 11.8. The number of thioether (sulfide) groups is 1. The molecular weight excluding hydrogens is 390 g/mol. The molecule has 0 aromatic carbocycles. The van der Waals surface area contributed by atoms with Crippen LogP contribution in [0, 0.1) is 17.2 Å². The Morgan fingerprint density at radius 1 is 1.34 bits per heavy atom. The van der Waals surface area contributed by atoms with Crippen LogP contribution in [0.5, 0.6) is 0 Å². The molecule has 0 aliphatic carbocycles. The average molecular weight is 421 g/mol. The summed E-state index contributed by atoms with van der Waals surface area (Å²) in [4.78, 5) is 17.8. The predicted octanol–water partition coefficient (Wildman–Crippen LogP) is 2.35. The highest BCUT2D eigenvalue weighted by atomic mass is 32.2. The van der Waals surface area contributed by atoms with Crippen LogP contribution in [0.3, 0.4) is 0 Å². The molecule has 0 atom stereocenters. The number of aromatic nitrogens is 1. The highest BCUT2D eigenvalue weighted by molar-refractivity contribution is 7.99. The van der Waals surface area contributed by atoms with Gasteiger partial charge in [0.05, 0.1) is 43.3 Å². The third-order valence-electron chi connectivity index (χ3n) is 4.97. The predicted molar refractivity (Wildman–Crippen MR) is 110 cm³/mol. The standard InChI is InChI=1S/C21H29N3O4S/c1-14(2)11-27-18(25)13-29-20-16(10-22)15-9-21(3,4)28-12-17(15)19(23-20)24-5-7-26-8-6-24/h14H,5-9,11-13H2,1-4H3/p+1. The third kappa shape index (κ3) is 5.41. The van der Waals surface area contributed by atoms with Gasteiger partial charge in [-0.2, -0.15) is 5.26 Å². The van der Waals surface area contributed by atoms with Gasteiger partial charge >= 0.3 is 5.97 Å². The van der Waals surface area contributed by atoms with Crippen LogP contribution in [-0.2, 0) is 32.0 Å². The normalized spacial score (nSPS) is 18.3. The van der Waals surface area contributed by atoms with E-state index in [-0.39, 0.29) is 17.3 Å². The monoisotopic (exact) mass is 420 g/mol. The molecule has 158 valence electrons. The van der Waals surface area contributed by atoms with Gasteiger partial charge in [0.1, 0.15) is 24.7 Å². The number of carbonyl (C=O) groups excluding carboxylic acids is 1. The van der Waals surface area contributed by atoms with E-state index in [1.165, 1.54) is 11.8 Å². The molecule has 0 bridgehead atoms. The zero-order valence-electron chi connectivity index (χ0n) is 17.7. The first-order chi connectivity index (χ1) is 13.8. The van der Waals surface area contributed by atoms with Gasteiger partial charge in [0.25, 0.3) is 5.82 Å². The van der Waals surface area contributed by atoms with Crippen molar-refractivity contribution in [2.24, 2.45) is 5.92 Å². The number of H-pyrrole nitrogens is 1. The number of nitrogens with zero attached hydrogens (tertiary/aromatic N) is 2. The fraction of sp³-hybridized carbons (Fsp3) is 0.667.